The minimum Gasteiger partial charge on any atom is -0.381 e. The molecule has 0 spiro atoms. The Morgan fingerprint density at radius 3 is 2.78 bits per heavy atom. The molecule has 2 amide bonds. The van der Waals surface area contributed by atoms with E-state index in [4.69, 9.17) is 4.74 Å². The van der Waals surface area contributed by atoms with Gasteiger partial charge in [-0.15, -0.1) is 0 Å². The van der Waals surface area contributed by atoms with Crippen molar-refractivity contribution in [1.29, 1.82) is 0 Å². The van der Waals surface area contributed by atoms with Crippen molar-refractivity contribution < 1.29 is 14.3 Å². The van der Waals surface area contributed by atoms with E-state index in [1.807, 2.05) is 11.8 Å². The molecule has 0 aromatic heterocycles. The molecule has 0 atom stereocenters. The number of carbonyl (C=O) groups is 2. The molecule has 0 aliphatic carbocycles. The molecule has 5 heteroatoms. The SMILES string of the molecule is C=CC(=O)Nc1cccc(C(=O)N(CC)CC2CCOCC2)c1. The van der Waals surface area contributed by atoms with Gasteiger partial charge in [0.25, 0.3) is 5.91 Å². The van der Waals surface area contributed by atoms with E-state index in [2.05, 4.69) is 11.9 Å². The molecule has 1 saturated heterocycles. The topological polar surface area (TPSA) is 58.6 Å². The molecule has 0 bridgehead atoms. The number of nitrogens with one attached hydrogen (secondary N) is 1. The third kappa shape index (κ3) is 4.93. The lowest BCUT2D eigenvalue weighted by Crippen LogP contribution is -2.37. The van der Waals surface area contributed by atoms with Gasteiger partial charge in [0, 0.05) is 37.6 Å². The highest BCUT2D eigenvalue weighted by Gasteiger charge is 2.21. The average molecular weight is 316 g/mol. The quantitative estimate of drug-likeness (QED) is 0.821. The molecule has 1 fully saturated rings. The summed E-state index contributed by atoms with van der Waals surface area (Å²) in [5, 5.41) is 2.68. The Kier molecular flexibility index (Phi) is 6.35. The minimum absolute atomic E-state index is 0.00584. The monoisotopic (exact) mass is 316 g/mol. The number of hydrogen-bond acceptors (Lipinski definition) is 3. The summed E-state index contributed by atoms with van der Waals surface area (Å²) in [6.45, 7) is 8.38. The van der Waals surface area contributed by atoms with Crippen LogP contribution in [0.1, 0.15) is 30.1 Å². The summed E-state index contributed by atoms with van der Waals surface area (Å²) in [4.78, 5) is 26.0. The van der Waals surface area contributed by atoms with E-state index < -0.39 is 0 Å². The second kappa shape index (κ2) is 8.48. The Labute approximate surface area is 137 Å². The second-order valence-corrected chi connectivity index (χ2v) is 5.67. The lowest BCUT2D eigenvalue weighted by molar-refractivity contribution is -0.111. The Balaban J connectivity index is 2.05. The molecule has 1 N–H and O–H groups in total. The maximum atomic E-state index is 12.7. The van der Waals surface area contributed by atoms with Gasteiger partial charge >= 0.3 is 0 Å². The van der Waals surface area contributed by atoms with E-state index in [9.17, 15) is 9.59 Å². The lowest BCUT2D eigenvalue weighted by Gasteiger charge is -2.29. The molecule has 1 heterocycles. The summed E-state index contributed by atoms with van der Waals surface area (Å²) in [5.41, 5.74) is 1.18. The highest BCUT2D eigenvalue weighted by Crippen LogP contribution is 2.18. The first-order chi connectivity index (χ1) is 11.1. The Morgan fingerprint density at radius 1 is 1.39 bits per heavy atom. The van der Waals surface area contributed by atoms with Crippen LogP contribution in [0.5, 0.6) is 0 Å². The zero-order chi connectivity index (χ0) is 16.7. The standard InChI is InChI=1S/C18H24N2O3/c1-3-17(21)19-16-7-5-6-15(12-16)18(22)20(4-2)13-14-8-10-23-11-9-14/h3,5-7,12,14H,1,4,8-11,13H2,2H3,(H,19,21). The van der Waals surface area contributed by atoms with Gasteiger partial charge in [0.15, 0.2) is 0 Å². The fourth-order valence-corrected chi connectivity index (χ4v) is 2.70. The molecule has 23 heavy (non-hydrogen) atoms. The molecule has 1 aliphatic rings. The van der Waals surface area contributed by atoms with Crippen molar-refractivity contribution >= 4 is 17.5 Å². The summed E-state index contributed by atoms with van der Waals surface area (Å²) in [7, 11) is 0. The minimum atomic E-state index is -0.288. The number of nitrogens with zero attached hydrogens (tertiary/aromatic N) is 1. The Bertz CT molecular complexity index is 565. The number of rotatable bonds is 6. The largest absolute Gasteiger partial charge is 0.381 e. The Morgan fingerprint density at radius 2 is 2.13 bits per heavy atom. The van der Waals surface area contributed by atoms with Crippen LogP contribution in [-0.2, 0) is 9.53 Å². The molecule has 5 nitrogen and oxygen atoms in total. The van der Waals surface area contributed by atoms with Gasteiger partial charge in [0.2, 0.25) is 5.91 Å². The maximum absolute atomic E-state index is 12.7. The van der Waals surface area contributed by atoms with Gasteiger partial charge in [-0.2, -0.15) is 0 Å². The van der Waals surface area contributed by atoms with Gasteiger partial charge in [-0.05, 0) is 50.0 Å². The highest BCUT2D eigenvalue weighted by molar-refractivity contribution is 6.00. The number of benzene rings is 1. The summed E-state index contributed by atoms with van der Waals surface area (Å²) in [6, 6.07) is 7.01. The fourth-order valence-electron chi connectivity index (χ4n) is 2.70. The molecular formula is C18H24N2O3. The smallest absolute Gasteiger partial charge is 0.253 e. The van der Waals surface area contributed by atoms with Crippen molar-refractivity contribution in [3.8, 4) is 0 Å². The first-order valence-corrected chi connectivity index (χ1v) is 8.04. The van der Waals surface area contributed by atoms with Crippen molar-refractivity contribution in [3.63, 3.8) is 0 Å². The van der Waals surface area contributed by atoms with Gasteiger partial charge in [-0.3, -0.25) is 9.59 Å². The molecule has 0 radical (unpaired) electrons. The lowest BCUT2D eigenvalue weighted by atomic mass is 9.99. The van der Waals surface area contributed by atoms with E-state index in [-0.39, 0.29) is 11.8 Å². The van der Waals surface area contributed by atoms with Crippen molar-refractivity contribution in [2.24, 2.45) is 5.92 Å². The van der Waals surface area contributed by atoms with Crippen molar-refractivity contribution in [3.05, 3.63) is 42.5 Å². The molecule has 1 aromatic rings. The molecule has 0 unspecified atom stereocenters. The molecular weight excluding hydrogens is 292 g/mol. The number of ether oxygens (including phenoxy) is 1. The van der Waals surface area contributed by atoms with Crippen LogP contribution in [0.25, 0.3) is 0 Å². The van der Waals surface area contributed by atoms with E-state index in [1.165, 1.54) is 6.08 Å². The molecule has 2 rings (SSSR count). The highest BCUT2D eigenvalue weighted by atomic mass is 16.5. The van der Waals surface area contributed by atoms with Crippen molar-refractivity contribution in [2.75, 3.05) is 31.6 Å². The van der Waals surface area contributed by atoms with Gasteiger partial charge in [0.1, 0.15) is 0 Å². The van der Waals surface area contributed by atoms with Gasteiger partial charge in [0.05, 0.1) is 0 Å². The van der Waals surface area contributed by atoms with Crippen LogP contribution >= 0.6 is 0 Å². The van der Waals surface area contributed by atoms with Gasteiger partial charge < -0.3 is 15.0 Å². The third-order valence-corrected chi connectivity index (χ3v) is 4.05. The van der Waals surface area contributed by atoms with Gasteiger partial charge in [-0.25, -0.2) is 0 Å². The summed E-state index contributed by atoms with van der Waals surface area (Å²) < 4.78 is 5.37. The van der Waals surface area contributed by atoms with Crippen molar-refractivity contribution in [2.45, 2.75) is 19.8 Å². The summed E-state index contributed by atoms with van der Waals surface area (Å²) in [6.07, 6.45) is 3.20. The number of hydrogen-bond donors (Lipinski definition) is 1. The van der Waals surface area contributed by atoms with Crippen LogP contribution < -0.4 is 5.32 Å². The first-order valence-electron chi connectivity index (χ1n) is 8.04. The molecule has 124 valence electrons. The van der Waals surface area contributed by atoms with Crippen LogP contribution in [0.3, 0.4) is 0 Å². The van der Waals surface area contributed by atoms with Crippen LogP contribution in [-0.4, -0.2) is 43.0 Å². The predicted octanol–water partition coefficient (Wildman–Crippen LogP) is 2.70. The first kappa shape index (κ1) is 17.2. The van der Waals surface area contributed by atoms with Gasteiger partial charge in [-0.1, -0.05) is 12.6 Å². The maximum Gasteiger partial charge on any atom is 0.253 e. The van der Waals surface area contributed by atoms with E-state index in [0.29, 0.717) is 23.7 Å². The normalized spacial score (nSPS) is 15.0. The second-order valence-electron chi connectivity index (χ2n) is 5.67. The zero-order valence-corrected chi connectivity index (χ0v) is 13.6. The third-order valence-electron chi connectivity index (χ3n) is 4.05. The van der Waals surface area contributed by atoms with E-state index in [1.54, 1.807) is 24.3 Å². The Hall–Kier alpha value is -2.14. The predicted molar refractivity (Wildman–Crippen MR) is 90.4 cm³/mol. The van der Waals surface area contributed by atoms with Crippen molar-refractivity contribution in [1.82, 2.24) is 4.90 Å². The number of anilines is 1. The molecule has 1 aliphatic heterocycles. The fraction of sp³-hybridized carbons (Fsp3) is 0.444. The zero-order valence-electron chi connectivity index (χ0n) is 13.6. The molecule has 0 saturated carbocycles. The average Bonchev–Trinajstić information content (AvgIpc) is 2.60. The van der Waals surface area contributed by atoms with Crippen LogP contribution in [0.2, 0.25) is 0 Å². The number of amides is 2. The van der Waals surface area contributed by atoms with Crippen LogP contribution in [0, 0.1) is 5.92 Å². The molecule has 1 aromatic carbocycles. The van der Waals surface area contributed by atoms with Crippen LogP contribution in [0.4, 0.5) is 5.69 Å². The number of carbonyl (C=O) groups excluding carboxylic acids is 2. The van der Waals surface area contributed by atoms with Crippen LogP contribution in [0.15, 0.2) is 36.9 Å². The van der Waals surface area contributed by atoms with E-state index >= 15 is 0 Å². The van der Waals surface area contributed by atoms with E-state index in [0.717, 1.165) is 32.6 Å². The summed E-state index contributed by atoms with van der Waals surface area (Å²) >= 11 is 0. The summed E-state index contributed by atoms with van der Waals surface area (Å²) in [5.74, 6) is 0.203.